The van der Waals surface area contributed by atoms with Crippen LogP contribution in [0, 0.1) is 6.92 Å². The van der Waals surface area contributed by atoms with Gasteiger partial charge in [0, 0.05) is 6.07 Å². The molecule has 0 fully saturated rings. The van der Waals surface area contributed by atoms with Crippen molar-refractivity contribution >= 4 is 17.3 Å². The predicted molar refractivity (Wildman–Crippen MR) is 76.0 cm³/mol. The minimum atomic E-state index is -0.136. The third-order valence-corrected chi connectivity index (χ3v) is 2.76. The normalized spacial score (nSPS) is 10.2. The Hall–Kier alpha value is -2.49. The van der Waals surface area contributed by atoms with Crippen LogP contribution in [0.2, 0.25) is 0 Å². The molecule has 0 unspecified atom stereocenters. The van der Waals surface area contributed by atoms with Crippen LogP contribution in [0.1, 0.15) is 11.1 Å². The smallest absolute Gasteiger partial charge is 0.228 e. The largest absolute Gasteiger partial charge is 0.508 e. The van der Waals surface area contributed by atoms with E-state index in [0.717, 1.165) is 11.1 Å². The highest BCUT2D eigenvalue weighted by Gasteiger charge is 2.07. The van der Waals surface area contributed by atoms with E-state index in [1.54, 1.807) is 6.07 Å². The van der Waals surface area contributed by atoms with Crippen molar-refractivity contribution in [1.29, 1.82) is 0 Å². The SMILES string of the molecule is Cc1cccc(CC(=O)Nc2ccc(O)cc2N)c1. The van der Waals surface area contributed by atoms with Crippen LogP contribution in [0.25, 0.3) is 0 Å². The van der Waals surface area contributed by atoms with Crippen LogP contribution in [-0.2, 0) is 11.2 Å². The highest BCUT2D eigenvalue weighted by atomic mass is 16.3. The molecule has 0 aliphatic heterocycles. The van der Waals surface area contributed by atoms with Gasteiger partial charge in [-0.2, -0.15) is 0 Å². The molecule has 0 aromatic heterocycles. The van der Waals surface area contributed by atoms with Gasteiger partial charge < -0.3 is 16.2 Å². The zero-order valence-corrected chi connectivity index (χ0v) is 10.7. The summed E-state index contributed by atoms with van der Waals surface area (Å²) in [6, 6.07) is 12.3. The third-order valence-electron chi connectivity index (χ3n) is 2.76. The Morgan fingerprint density at radius 2 is 2.05 bits per heavy atom. The van der Waals surface area contributed by atoms with Crippen molar-refractivity contribution in [2.24, 2.45) is 0 Å². The molecule has 4 N–H and O–H groups in total. The maximum absolute atomic E-state index is 11.9. The van der Waals surface area contributed by atoms with Crippen LogP contribution >= 0.6 is 0 Å². The fraction of sp³-hybridized carbons (Fsp3) is 0.133. The first-order valence-corrected chi connectivity index (χ1v) is 5.98. The summed E-state index contributed by atoms with van der Waals surface area (Å²) < 4.78 is 0. The number of carbonyl (C=O) groups excluding carboxylic acids is 1. The van der Waals surface area contributed by atoms with Crippen LogP contribution in [-0.4, -0.2) is 11.0 Å². The highest BCUT2D eigenvalue weighted by molar-refractivity contribution is 5.95. The molecule has 19 heavy (non-hydrogen) atoms. The van der Waals surface area contributed by atoms with E-state index in [-0.39, 0.29) is 11.7 Å². The maximum Gasteiger partial charge on any atom is 0.228 e. The molecule has 0 aliphatic rings. The number of benzene rings is 2. The van der Waals surface area contributed by atoms with Crippen LogP contribution < -0.4 is 11.1 Å². The third kappa shape index (κ3) is 3.48. The van der Waals surface area contributed by atoms with Crippen LogP contribution in [0.15, 0.2) is 42.5 Å². The van der Waals surface area contributed by atoms with Crippen molar-refractivity contribution in [3.05, 3.63) is 53.6 Å². The summed E-state index contributed by atoms with van der Waals surface area (Å²) in [6.45, 7) is 1.99. The molecule has 0 saturated heterocycles. The first-order valence-electron chi connectivity index (χ1n) is 5.98. The lowest BCUT2D eigenvalue weighted by Gasteiger charge is -2.08. The lowest BCUT2D eigenvalue weighted by atomic mass is 10.1. The lowest BCUT2D eigenvalue weighted by molar-refractivity contribution is -0.115. The number of hydrogen-bond donors (Lipinski definition) is 3. The van der Waals surface area contributed by atoms with Gasteiger partial charge >= 0.3 is 0 Å². The molecule has 0 heterocycles. The standard InChI is InChI=1S/C15H16N2O2/c1-10-3-2-4-11(7-10)8-15(19)17-14-6-5-12(18)9-13(14)16/h2-7,9,18H,8,16H2,1H3,(H,17,19). The number of nitrogens with two attached hydrogens (primary N) is 1. The van der Waals surface area contributed by atoms with Crippen molar-refractivity contribution in [1.82, 2.24) is 0 Å². The van der Waals surface area contributed by atoms with E-state index in [1.165, 1.54) is 12.1 Å². The van der Waals surface area contributed by atoms with Gasteiger partial charge in [-0.1, -0.05) is 29.8 Å². The van der Waals surface area contributed by atoms with Crippen molar-refractivity contribution in [2.45, 2.75) is 13.3 Å². The number of nitrogen functional groups attached to an aromatic ring is 1. The molecular formula is C15H16N2O2. The Morgan fingerprint density at radius 3 is 2.74 bits per heavy atom. The Kier molecular flexibility index (Phi) is 3.71. The van der Waals surface area contributed by atoms with Gasteiger partial charge in [0.25, 0.3) is 0 Å². The first-order chi connectivity index (χ1) is 9.04. The fourth-order valence-corrected chi connectivity index (χ4v) is 1.87. The van der Waals surface area contributed by atoms with Crippen molar-refractivity contribution in [3.8, 4) is 5.75 Å². The van der Waals surface area contributed by atoms with Crippen molar-refractivity contribution in [2.75, 3.05) is 11.1 Å². The summed E-state index contributed by atoms with van der Waals surface area (Å²) in [7, 11) is 0. The van der Waals surface area contributed by atoms with Crippen LogP contribution in [0.4, 0.5) is 11.4 Å². The van der Waals surface area contributed by atoms with E-state index in [1.807, 2.05) is 31.2 Å². The second-order valence-electron chi connectivity index (χ2n) is 4.49. The fourth-order valence-electron chi connectivity index (χ4n) is 1.87. The van der Waals surface area contributed by atoms with Crippen molar-refractivity contribution < 1.29 is 9.90 Å². The quantitative estimate of drug-likeness (QED) is 0.583. The Labute approximate surface area is 111 Å². The zero-order chi connectivity index (χ0) is 13.8. The van der Waals surface area contributed by atoms with Gasteiger partial charge in [-0.25, -0.2) is 0 Å². The number of anilines is 2. The van der Waals surface area contributed by atoms with E-state index in [9.17, 15) is 9.90 Å². The molecule has 0 atom stereocenters. The Morgan fingerprint density at radius 1 is 1.26 bits per heavy atom. The van der Waals surface area contributed by atoms with E-state index in [0.29, 0.717) is 17.8 Å². The number of hydrogen-bond acceptors (Lipinski definition) is 3. The van der Waals surface area contributed by atoms with Crippen molar-refractivity contribution in [3.63, 3.8) is 0 Å². The molecule has 0 radical (unpaired) electrons. The summed E-state index contributed by atoms with van der Waals surface area (Å²) in [5.74, 6) is -0.0582. The average molecular weight is 256 g/mol. The molecule has 2 rings (SSSR count). The van der Waals surface area contributed by atoms with Crippen LogP contribution in [0.5, 0.6) is 5.75 Å². The molecule has 4 heteroatoms. The number of nitrogens with one attached hydrogen (secondary N) is 1. The number of amides is 1. The molecule has 0 spiro atoms. The molecule has 4 nitrogen and oxygen atoms in total. The van der Waals surface area contributed by atoms with E-state index >= 15 is 0 Å². The monoisotopic (exact) mass is 256 g/mol. The topological polar surface area (TPSA) is 75.3 Å². The summed E-state index contributed by atoms with van der Waals surface area (Å²) in [6.07, 6.45) is 0.294. The minimum Gasteiger partial charge on any atom is -0.508 e. The lowest BCUT2D eigenvalue weighted by Crippen LogP contribution is -2.15. The zero-order valence-electron chi connectivity index (χ0n) is 10.7. The number of phenols is 1. The Bertz CT molecular complexity index is 609. The molecular weight excluding hydrogens is 240 g/mol. The summed E-state index contributed by atoms with van der Waals surface area (Å²) >= 11 is 0. The van der Waals surface area contributed by atoms with Gasteiger partial charge in [0.2, 0.25) is 5.91 Å². The highest BCUT2D eigenvalue weighted by Crippen LogP contribution is 2.23. The Balaban J connectivity index is 2.05. The summed E-state index contributed by atoms with van der Waals surface area (Å²) in [5.41, 5.74) is 8.64. The second kappa shape index (κ2) is 5.44. The number of carbonyl (C=O) groups is 1. The number of phenolic OH excluding ortho intramolecular Hbond substituents is 1. The average Bonchev–Trinajstić information content (AvgIpc) is 2.33. The van der Waals surface area contributed by atoms with E-state index in [4.69, 9.17) is 5.73 Å². The molecule has 2 aromatic carbocycles. The predicted octanol–water partition coefficient (Wildman–Crippen LogP) is 2.46. The van der Waals surface area contributed by atoms with Gasteiger partial charge in [-0.15, -0.1) is 0 Å². The molecule has 0 saturated carbocycles. The van der Waals surface area contributed by atoms with Gasteiger partial charge in [-0.3, -0.25) is 4.79 Å². The summed E-state index contributed by atoms with van der Waals surface area (Å²) in [4.78, 5) is 11.9. The maximum atomic E-state index is 11.9. The van der Waals surface area contributed by atoms with Gasteiger partial charge in [0.1, 0.15) is 5.75 Å². The first kappa shape index (κ1) is 13.0. The molecule has 0 aliphatic carbocycles. The molecule has 2 aromatic rings. The molecule has 0 bridgehead atoms. The molecule has 1 amide bonds. The number of rotatable bonds is 3. The van der Waals surface area contributed by atoms with Gasteiger partial charge in [-0.05, 0) is 24.6 Å². The number of aromatic hydroxyl groups is 1. The van der Waals surface area contributed by atoms with Gasteiger partial charge in [0.15, 0.2) is 0 Å². The van der Waals surface area contributed by atoms with E-state index in [2.05, 4.69) is 5.32 Å². The minimum absolute atomic E-state index is 0.0779. The van der Waals surface area contributed by atoms with E-state index < -0.39 is 0 Å². The second-order valence-corrected chi connectivity index (χ2v) is 4.49. The number of aryl methyl sites for hydroxylation is 1. The summed E-state index contributed by atoms with van der Waals surface area (Å²) in [5, 5.41) is 12.0. The van der Waals surface area contributed by atoms with Gasteiger partial charge in [0.05, 0.1) is 17.8 Å². The molecule has 98 valence electrons. The van der Waals surface area contributed by atoms with Crippen LogP contribution in [0.3, 0.4) is 0 Å².